The first-order valence-electron chi connectivity index (χ1n) is 9.55. The molecule has 3 N–H and O–H groups in total. The van der Waals surface area contributed by atoms with E-state index in [1.54, 1.807) is 26.0 Å². The van der Waals surface area contributed by atoms with E-state index < -0.39 is 41.6 Å². The Hall–Kier alpha value is -4.01. The fraction of sp³-hybridized carbons (Fsp3) is 0.227. The van der Waals surface area contributed by atoms with E-state index in [9.17, 15) is 34.2 Å². The molecule has 0 bridgehead atoms. The van der Waals surface area contributed by atoms with Gasteiger partial charge in [0.05, 0.1) is 22.3 Å². The molecule has 9 heteroatoms. The normalized spacial score (nSPS) is 14.7. The number of carboxylic acids is 2. The van der Waals surface area contributed by atoms with E-state index in [1.807, 2.05) is 0 Å². The molecule has 0 radical (unpaired) electrons. The number of benzene rings is 2. The smallest absolute Gasteiger partial charge is 0.335 e. The van der Waals surface area contributed by atoms with Crippen LogP contribution in [0.4, 0.5) is 5.69 Å². The Morgan fingerprint density at radius 2 is 1.42 bits per heavy atom. The van der Waals surface area contributed by atoms with Crippen LogP contribution < -0.4 is 5.32 Å². The highest BCUT2D eigenvalue weighted by Gasteiger charge is 2.44. The number of carbonyl (C=O) groups is 5. The molecule has 2 atom stereocenters. The number of aromatic carboxylic acids is 2. The first kappa shape index (κ1) is 21.7. The van der Waals surface area contributed by atoms with Gasteiger partial charge >= 0.3 is 11.9 Å². The lowest BCUT2D eigenvalue weighted by Gasteiger charge is -2.29. The van der Waals surface area contributed by atoms with Gasteiger partial charge in [0.1, 0.15) is 6.04 Å². The van der Waals surface area contributed by atoms with E-state index in [0.717, 1.165) is 23.1 Å². The van der Waals surface area contributed by atoms with Crippen LogP contribution in [0.25, 0.3) is 0 Å². The highest BCUT2D eigenvalue weighted by Crippen LogP contribution is 2.29. The van der Waals surface area contributed by atoms with Crippen LogP contribution in [0.1, 0.15) is 61.7 Å². The zero-order valence-corrected chi connectivity index (χ0v) is 16.8. The summed E-state index contributed by atoms with van der Waals surface area (Å²) in [5.74, 6) is -5.04. The number of nitrogens with one attached hydrogen (secondary N) is 1. The molecular weight excluding hydrogens is 404 g/mol. The Morgan fingerprint density at radius 3 is 1.84 bits per heavy atom. The summed E-state index contributed by atoms with van der Waals surface area (Å²) >= 11 is 0. The van der Waals surface area contributed by atoms with E-state index in [1.165, 1.54) is 12.1 Å². The summed E-state index contributed by atoms with van der Waals surface area (Å²) in [6.45, 7) is 3.51. The molecule has 3 amide bonds. The highest BCUT2D eigenvalue weighted by atomic mass is 16.4. The number of carbonyl (C=O) groups excluding carboxylic acids is 3. The van der Waals surface area contributed by atoms with Gasteiger partial charge in [0.25, 0.3) is 11.8 Å². The first-order valence-corrected chi connectivity index (χ1v) is 9.55. The van der Waals surface area contributed by atoms with Gasteiger partial charge in [0.15, 0.2) is 0 Å². The standard InChI is InChI=1S/C22H20N2O7/c1-3-11(2)17(24-19(26)15-6-4-5-7-16(15)20(24)27)18(25)23-14-9-12(21(28)29)8-13(10-14)22(30)31/h4-11,17H,3H2,1-2H3,(H,23,25)(H,28,29)(H,30,31)/t11-,17-/m0/s1. The van der Waals surface area contributed by atoms with Crippen LogP contribution in [0.5, 0.6) is 0 Å². The summed E-state index contributed by atoms with van der Waals surface area (Å²) in [5.41, 5.74) is -0.302. The van der Waals surface area contributed by atoms with Gasteiger partial charge in [-0.3, -0.25) is 19.3 Å². The topological polar surface area (TPSA) is 141 Å². The molecule has 31 heavy (non-hydrogen) atoms. The van der Waals surface area contributed by atoms with Gasteiger partial charge in [0, 0.05) is 5.69 Å². The molecule has 1 aliphatic heterocycles. The van der Waals surface area contributed by atoms with E-state index in [0.29, 0.717) is 6.42 Å². The van der Waals surface area contributed by atoms with Crippen LogP contribution in [0.15, 0.2) is 42.5 Å². The van der Waals surface area contributed by atoms with Crippen molar-refractivity contribution in [3.63, 3.8) is 0 Å². The molecule has 2 aromatic carbocycles. The lowest BCUT2D eigenvalue weighted by molar-refractivity contribution is -0.121. The second kappa shape index (κ2) is 8.39. The lowest BCUT2D eigenvalue weighted by atomic mass is 9.96. The van der Waals surface area contributed by atoms with Gasteiger partial charge in [-0.25, -0.2) is 9.59 Å². The molecule has 0 aliphatic carbocycles. The first-order chi connectivity index (χ1) is 14.6. The van der Waals surface area contributed by atoms with Crippen molar-refractivity contribution in [1.82, 2.24) is 4.90 Å². The maximum atomic E-state index is 13.2. The maximum Gasteiger partial charge on any atom is 0.335 e. The Balaban J connectivity index is 1.98. The van der Waals surface area contributed by atoms with Crippen LogP contribution >= 0.6 is 0 Å². The van der Waals surface area contributed by atoms with Gasteiger partial charge in [-0.2, -0.15) is 0 Å². The minimum Gasteiger partial charge on any atom is -0.478 e. The molecule has 1 heterocycles. The van der Waals surface area contributed by atoms with Crippen molar-refractivity contribution in [2.45, 2.75) is 26.3 Å². The lowest BCUT2D eigenvalue weighted by Crippen LogP contribution is -2.50. The monoisotopic (exact) mass is 424 g/mol. The van der Waals surface area contributed by atoms with Gasteiger partial charge in [0.2, 0.25) is 5.91 Å². The molecule has 3 rings (SSSR count). The minimum absolute atomic E-state index is 0.0628. The van der Waals surface area contributed by atoms with Crippen LogP contribution in [-0.4, -0.2) is 50.8 Å². The van der Waals surface area contributed by atoms with E-state index in [4.69, 9.17) is 0 Å². The molecule has 2 aromatic rings. The molecule has 0 aromatic heterocycles. The third-order valence-corrected chi connectivity index (χ3v) is 5.25. The zero-order chi connectivity index (χ0) is 22.9. The maximum absolute atomic E-state index is 13.2. The van der Waals surface area contributed by atoms with E-state index >= 15 is 0 Å². The van der Waals surface area contributed by atoms with Crippen LogP contribution in [0, 0.1) is 5.92 Å². The SMILES string of the molecule is CC[C@H](C)[C@@H](C(=O)Nc1cc(C(=O)O)cc(C(=O)O)c1)N1C(=O)c2ccccc2C1=O. The van der Waals surface area contributed by atoms with Crippen molar-refractivity contribution >= 4 is 35.3 Å². The summed E-state index contributed by atoms with van der Waals surface area (Å²) in [6.07, 6.45) is 0.473. The Labute approximate surface area is 177 Å². The molecular formula is C22H20N2O7. The average Bonchev–Trinajstić information content (AvgIpc) is 2.99. The number of rotatable bonds is 7. The number of imide groups is 1. The second-order valence-electron chi connectivity index (χ2n) is 7.25. The van der Waals surface area contributed by atoms with Gasteiger partial charge < -0.3 is 15.5 Å². The number of anilines is 1. The van der Waals surface area contributed by atoms with Crippen molar-refractivity contribution in [3.8, 4) is 0 Å². The number of nitrogens with zero attached hydrogens (tertiary/aromatic N) is 1. The Bertz CT molecular complexity index is 1040. The summed E-state index contributed by atoms with van der Waals surface area (Å²) in [7, 11) is 0. The molecule has 0 fully saturated rings. The average molecular weight is 424 g/mol. The van der Waals surface area contributed by atoms with Crippen LogP contribution in [0.2, 0.25) is 0 Å². The van der Waals surface area contributed by atoms with Gasteiger partial charge in [-0.05, 0) is 36.2 Å². The van der Waals surface area contributed by atoms with Crippen molar-refractivity contribution < 1.29 is 34.2 Å². The third-order valence-electron chi connectivity index (χ3n) is 5.25. The predicted molar refractivity (Wildman–Crippen MR) is 109 cm³/mol. The molecule has 0 unspecified atom stereocenters. The summed E-state index contributed by atoms with van der Waals surface area (Å²) in [4.78, 5) is 62.5. The fourth-order valence-corrected chi connectivity index (χ4v) is 3.48. The molecule has 0 saturated carbocycles. The minimum atomic E-state index is -1.36. The summed E-state index contributed by atoms with van der Waals surface area (Å²) < 4.78 is 0. The Kier molecular flexibility index (Phi) is 5.87. The summed E-state index contributed by atoms with van der Waals surface area (Å²) in [5, 5.41) is 20.9. The van der Waals surface area contributed by atoms with Crippen LogP contribution in [-0.2, 0) is 4.79 Å². The Morgan fingerprint density at radius 1 is 0.935 bits per heavy atom. The quantitative estimate of drug-likeness (QED) is 0.580. The van der Waals surface area contributed by atoms with E-state index in [-0.39, 0.29) is 27.9 Å². The van der Waals surface area contributed by atoms with Crippen molar-refractivity contribution in [3.05, 3.63) is 64.7 Å². The van der Waals surface area contributed by atoms with E-state index in [2.05, 4.69) is 5.32 Å². The third kappa shape index (κ3) is 4.02. The second-order valence-corrected chi connectivity index (χ2v) is 7.25. The molecule has 1 aliphatic rings. The van der Waals surface area contributed by atoms with Crippen molar-refractivity contribution in [2.75, 3.05) is 5.32 Å². The highest BCUT2D eigenvalue weighted by molar-refractivity contribution is 6.23. The van der Waals surface area contributed by atoms with Gasteiger partial charge in [-0.1, -0.05) is 32.4 Å². The molecule has 160 valence electrons. The zero-order valence-electron chi connectivity index (χ0n) is 16.8. The molecule has 9 nitrogen and oxygen atoms in total. The largest absolute Gasteiger partial charge is 0.478 e. The number of carboxylic acid groups (broad SMARTS) is 2. The molecule has 0 saturated heterocycles. The van der Waals surface area contributed by atoms with Crippen LogP contribution in [0.3, 0.4) is 0 Å². The van der Waals surface area contributed by atoms with Gasteiger partial charge in [-0.15, -0.1) is 0 Å². The number of hydrogen-bond donors (Lipinski definition) is 3. The number of hydrogen-bond acceptors (Lipinski definition) is 5. The molecule has 0 spiro atoms. The summed E-state index contributed by atoms with van der Waals surface area (Å²) in [6, 6.07) is 8.29. The van der Waals surface area contributed by atoms with Crippen molar-refractivity contribution in [2.24, 2.45) is 5.92 Å². The van der Waals surface area contributed by atoms with Crippen molar-refractivity contribution in [1.29, 1.82) is 0 Å². The fourth-order valence-electron chi connectivity index (χ4n) is 3.48. The predicted octanol–water partition coefficient (Wildman–Crippen LogP) is 2.73. The number of amides is 3. The number of fused-ring (bicyclic) bond motifs is 1.